The molecule has 1 aromatic heterocycles. The number of amides is 2. The molecule has 1 aliphatic rings. The van der Waals surface area contributed by atoms with Crippen LogP contribution in [0.2, 0.25) is 0 Å². The number of hydrogen-bond acceptors (Lipinski definition) is 6. The highest BCUT2D eigenvalue weighted by atomic mass is 16.5. The number of aryl methyl sites for hydroxylation is 1. The molecule has 2 heterocycles. The van der Waals surface area contributed by atoms with Gasteiger partial charge in [0.2, 0.25) is 11.8 Å². The van der Waals surface area contributed by atoms with E-state index in [1.54, 1.807) is 18.1 Å². The lowest BCUT2D eigenvalue weighted by molar-refractivity contribution is -0.134. The minimum atomic E-state index is -0.522. The topological polar surface area (TPSA) is 101 Å². The number of benzene rings is 2. The number of para-hydroxylation sites is 1. The molecule has 2 N–H and O–H groups in total. The van der Waals surface area contributed by atoms with Gasteiger partial charge in [-0.2, -0.15) is 5.10 Å². The highest BCUT2D eigenvalue weighted by Crippen LogP contribution is 2.21. The number of piperazine rings is 1. The van der Waals surface area contributed by atoms with Crippen LogP contribution in [0.15, 0.2) is 55.1 Å². The lowest BCUT2D eigenvalue weighted by Crippen LogP contribution is -2.56. The SMILES string of the molecule is COc1ccc(CN2CCNC(=O)[C@H]2CC(=O)NCc2ccccc2-n2cncn2)cc1C. The van der Waals surface area contributed by atoms with Crippen molar-refractivity contribution in [3.05, 3.63) is 71.8 Å². The van der Waals surface area contributed by atoms with Crippen molar-refractivity contribution in [2.24, 2.45) is 0 Å². The average Bonchev–Trinajstić information content (AvgIpc) is 3.35. The number of rotatable bonds is 8. The monoisotopic (exact) mass is 448 g/mol. The largest absolute Gasteiger partial charge is 0.496 e. The number of methoxy groups -OCH3 is 1. The van der Waals surface area contributed by atoms with Crippen LogP contribution in [0.1, 0.15) is 23.1 Å². The lowest BCUT2D eigenvalue weighted by Gasteiger charge is -2.34. The van der Waals surface area contributed by atoms with Gasteiger partial charge in [0.05, 0.1) is 25.3 Å². The first kappa shape index (κ1) is 22.5. The molecule has 9 nitrogen and oxygen atoms in total. The molecule has 9 heteroatoms. The maximum atomic E-state index is 12.8. The van der Waals surface area contributed by atoms with Gasteiger partial charge in [-0.05, 0) is 35.7 Å². The summed E-state index contributed by atoms with van der Waals surface area (Å²) < 4.78 is 7.00. The van der Waals surface area contributed by atoms with Crippen LogP contribution in [0, 0.1) is 6.92 Å². The third-order valence-corrected chi connectivity index (χ3v) is 5.80. The Morgan fingerprint density at radius 3 is 2.88 bits per heavy atom. The first-order chi connectivity index (χ1) is 16.0. The van der Waals surface area contributed by atoms with E-state index in [4.69, 9.17) is 4.74 Å². The van der Waals surface area contributed by atoms with Crippen LogP contribution >= 0.6 is 0 Å². The quantitative estimate of drug-likeness (QED) is 0.543. The average molecular weight is 449 g/mol. The zero-order valence-electron chi connectivity index (χ0n) is 18.8. The molecular weight excluding hydrogens is 420 g/mol. The predicted octanol–water partition coefficient (Wildman–Crippen LogP) is 1.59. The molecular formula is C24H28N6O3. The normalized spacial score (nSPS) is 16.3. The summed E-state index contributed by atoms with van der Waals surface area (Å²) in [6.07, 6.45) is 3.17. The van der Waals surface area contributed by atoms with Crippen molar-refractivity contribution in [2.45, 2.75) is 32.5 Å². The lowest BCUT2D eigenvalue weighted by atomic mass is 10.0. The highest BCUT2D eigenvalue weighted by Gasteiger charge is 2.31. The molecule has 172 valence electrons. The van der Waals surface area contributed by atoms with Crippen LogP contribution < -0.4 is 15.4 Å². The number of aromatic nitrogens is 3. The van der Waals surface area contributed by atoms with Crippen molar-refractivity contribution in [1.29, 1.82) is 0 Å². The Morgan fingerprint density at radius 1 is 1.27 bits per heavy atom. The fraction of sp³-hybridized carbons (Fsp3) is 0.333. The summed E-state index contributed by atoms with van der Waals surface area (Å²) in [5.41, 5.74) is 3.88. The Labute approximate surface area is 192 Å². The van der Waals surface area contributed by atoms with Crippen molar-refractivity contribution in [3.63, 3.8) is 0 Å². The van der Waals surface area contributed by atoms with Gasteiger partial charge in [0.25, 0.3) is 0 Å². The number of nitrogens with zero attached hydrogens (tertiary/aromatic N) is 4. The Kier molecular flexibility index (Phi) is 6.99. The number of nitrogens with one attached hydrogen (secondary N) is 2. The Hall–Kier alpha value is -3.72. The van der Waals surface area contributed by atoms with E-state index in [0.717, 1.165) is 28.1 Å². The second-order valence-electron chi connectivity index (χ2n) is 8.03. The van der Waals surface area contributed by atoms with E-state index in [1.165, 1.54) is 6.33 Å². The van der Waals surface area contributed by atoms with E-state index in [2.05, 4.69) is 31.7 Å². The van der Waals surface area contributed by atoms with Crippen molar-refractivity contribution in [3.8, 4) is 11.4 Å². The third-order valence-electron chi connectivity index (χ3n) is 5.80. The Balaban J connectivity index is 1.40. The molecule has 1 fully saturated rings. The van der Waals surface area contributed by atoms with Crippen molar-refractivity contribution < 1.29 is 14.3 Å². The van der Waals surface area contributed by atoms with E-state index in [-0.39, 0.29) is 18.2 Å². The summed E-state index contributed by atoms with van der Waals surface area (Å²) in [6, 6.07) is 13.1. The van der Waals surface area contributed by atoms with E-state index < -0.39 is 6.04 Å². The first-order valence-corrected chi connectivity index (χ1v) is 10.9. The Morgan fingerprint density at radius 2 is 2.12 bits per heavy atom. The van der Waals surface area contributed by atoms with Gasteiger partial charge in [-0.15, -0.1) is 0 Å². The van der Waals surface area contributed by atoms with Crippen molar-refractivity contribution in [1.82, 2.24) is 30.3 Å². The van der Waals surface area contributed by atoms with Gasteiger partial charge in [0.1, 0.15) is 18.4 Å². The number of carbonyl (C=O) groups is 2. The summed E-state index contributed by atoms with van der Waals surface area (Å²) in [5, 5.41) is 10.0. The molecule has 2 amide bonds. The number of ether oxygens (including phenoxy) is 1. The van der Waals surface area contributed by atoms with Crippen LogP contribution in [0.4, 0.5) is 0 Å². The van der Waals surface area contributed by atoms with Gasteiger partial charge in [-0.1, -0.05) is 30.3 Å². The first-order valence-electron chi connectivity index (χ1n) is 10.9. The summed E-state index contributed by atoms with van der Waals surface area (Å²) in [5.74, 6) is 0.531. The molecule has 3 aromatic rings. The molecule has 1 atom stereocenters. The highest BCUT2D eigenvalue weighted by molar-refractivity contribution is 5.88. The maximum Gasteiger partial charge on any atom is 0.237 e. The van der Waals surface area contributed by atoms with E-state index in [1.807, 2.05) is 43.3 Å². The molecule has 1 saturated heterocycles. The fourth-order valence-corrected chi connectivity index (χ4v) is 4.10. The summed E-state index contributed by atoms with van der Waals surface area (Å²) >= 11 is 0. The molecule has 33 heavy (non-hydrogen) atoms. The van der Waals surface area contributed by atoms with Crippen LogP contribution in [0.5, 0.6) is 5.75 Å². The van der Waals surface area contributed by atoms with Gasteiger partial charge in [0.15, 0.2) is 0 Å². The molecule has 0 unspecified atom stereocenters. The van der Waals surface area contributed by atoms with Gasteiger partial charge in [0, 0.05) is 26.2 Å². The van der Waals surface area contributed by atoms with Crippen LogP contribution in [0.25, 0.3) is 5.69 Å². The number of hydrogen-bond donors (Lipinski definition) is 2. The second kappa shape index (κ2) is 10.3. The summed E-state index contributed by atoms with van der Waals surface area (Å²) in [4.78, 5) is 31.4. The van der Waals surface area contributed by atoms with E-state index >= 15 is 0 Å². The predicted molar refractivity (Wildman–Crippen MR) is 123 cm³/mol. The van der Waals surface area contributed by atoms with Gasteiger partial charge >= 0.3 is 0 Å². The van der Waals surface area contributed by atoms with Gasteiger partial charge in [-0.3, -0.25) is 14.5 Å². The molecule has 0 saturated carbocycles. The summed E-state index contributed by atoms with van der Waals surface area (Å²) in [6.45, 7) is 4.17. The van der Waals surface area contributed by atoms with Crippen molar-refractivity contribution >= 4 is 11.8 Å². The minimum Gasteiger partial charge on any atom is -0.496 e. The molecule has 1 aliphatic heterocycles. The van der Waals surface area contributed by atoms with Crippen molar-refractivity contribution in [2.75, 3.05) is 20.2 Å². The molecule has 0 aliphatic carbocycles. The standard InChI is InChI=1S/C24H28N6O3/c1-17-11-18(7-8-22(17)33-2)14-29-10-9-26-24(32)21(29)12-23(31)27-13-19-5-3-4-6-20(19)30-16-25-15-28-30/h3-8,11,15-16,21H,9-10,12-14H2,1-2H3,(H,26,32)(H,27,31)/t21-/m1/s1. The molecule has 0 spiro atoms. The molecule has 0 bridgehead atoms. The zero-order chi connectivity index (χ0) is 23.2. The zero-order valence-corrected chi connectivity index (χ0v) is 18.8. The van der Waals surface area contributed by atoms with Crippen LogP contribution in [-0.4, -0.2) is 57.7 Å². The third kappa shape index (κ3) is 5.38. The van der Waals surface area contributed by atoms with E-state index in [9.17, 15) is 9.59 Å². The molecule has 4 rings (SSSR count). The fourth-order valence-electron chi connectivity index (χ4n) is 4.10. The Bertz CT molecular complexity index is 1120. The minimum absolute atomic E-state index is 0.0897. The van der Waals surface area contributed by atoms with Gasteiger partial charge < -0.3 is 15.4 Å². The van der Waals surface area contributed by atoms with Crippen LogP contribution in [0.3, 0.4) is 0 Å². The second-order valence-corrected chi connectivity index (χ2v) is 8.03. The van der Waals surface area contributed by atoms with Gasteiger partial charge in [-0.25, -0.2) is 9.67 Å². The smallest absolute Gasteiger partial charge is 0.237 e. The molecule has 2 aromatic carbocycles. The maximum absolute atomic E-state index is 12.8. The summed E-state index contributed by atoms with van der Waals surface area (Å²) in [7, 11) is 1.65. The van der Waals surface area contributed by atoms with E-state index in [0.29, 0.717) is 26.2 Å². The molecule has 0 radical (unpaired) electrons. The number of carbonyl (C=O) groups excluding carboxylic acids is 2. The van der Waals surface area contributed by atoms with Crippen LogP contribution in [-0.2, 0) is 22.7 Å².